The molecule has 0 aliphatic rings. The molecular formula is C22H24N2O5S2. The first-order chi connectivity index (χ1) is 14.9. The number of ether oxygens (including phenoxy) is 2. The molecule has 0 bridgehead atoms. The van der Waals surface area contributed by atoms with E-state index in [2.05, 4.69) is 5.32 Å². The fraction of sp³-hybridized carbons (Fsp3) is 0.227. The molecule has 0 unspecified atom stereocenters. The van der Waals surface area contributed by atoms with Crippen molar-refractivity contribution < 1.29 is 22.7 Å². The van der Waals surface area contributed by atoms with Crippen molar-refractivity contribution in [1.82, 2.24) is 9.62 Å². The van der Waals surface area contributed by atoms with Crippen LogP contribution in [0.1, 0.15) is 11.1 Å². The lowest BCUT2D eigenvalue weighted by Gasteiger charge is -2.16. The molecule has 1 heterocycles. The van der Waals surface area contributed by atoms with Gasteiger partial charge in [-0.15, -0.1) is 11.3 Å². The highest BCUT2D eigenvalue weighted by atomic mass is 32.2. The Labute approximate surface area is 186 Å². The van der Waals surface area contributed by atoms with Crippen LogP contribution in [0.5, 0.6) is 11.5 Å². The van der Waals surface area contributed by atoms with Crippen LogP contribution in [0.2, 0.25) is 0 Å². The zero-order valence-electron chi connectivity index (χ0n) is 17.3. The van der Waals surface area contributed by atoms with E-state index in [4.69, 9.17) is 9.47 Å². The van der Waals surface area contributed by atoms with Crippen molar-refractivity contribution in [3.63, 3.8) is 0 Å². The van der Waals surface area contributed by atoms with Gasteiger partial charge < -0.3 is 14.8 Å². The fourth-order valence-corrected chi connectivity index (χ4v) is 5.11. The first-order valence-corrected chi connectivity index (χ1v) is 11.8. The highest BCUT2D eigenvalue weighted by Gasteiger charge is 2.23. The quantitative estimate of drug-likeness (QED) is 0.502. The molecule has 0 aliphatic heterocycles. The van der Waals surface area contributed by atoms with Gasteiger partial charge in [-0.1, -0.05) is 42.5 Å². The van der Waals surface area contributed by atoms with E-state index in [-0.39, 0.29) is 17.3 Å². The fourth-order valence-electron chi connectivity index (χ4n) is 2.78. The number of hydrogen-bond acceptors (Lipinski definition) is 6. The Morgan fingerprint density at radius 1 is 1.03 bits per heavy atom. The maximum atomic E-state index is 12.4. The van der Waals surface area contributed by atoms with Crippen LogP contribution in [0.15, 0.2) is 70.3 Å². The number of hydrogen-bond donors (Lipinski definition) is 1. The third-order valence-electron chi connectivity index (χ3n) is 4.48. The summed E-state index contributed by atoms with van der Waals surface area (Å²) in [5.41, 5.74) is 1.85. The molecule has 1 N–H and O–H groups in total. The van der Waals surface area contributed by atoms with Crippen molar-refractivity contribution in [2.75, 3.05) is 20.7 Å². The van der Waals surface area contributed by atoms with Crippen molar-refractivity contribution in [1.29, 1.82) is 0 Å². The number of amides is 1. The predicted octanol–water partition coefficient (Wildman–Crippen LogP) is 3.27. The Morgan fingerprint density at radius 3 is 2.48 bits per heavy atom. The molecule has 164 valence electrons. The van der Waals surface area contributed by atoms with E-state index in [9.17, 15) is 13.2 Å². The van der Waals surface area contributed by atoms with Crippen molar-refractivity contribution in [3.8, 4) is 11.5 Å². The van der Waals surface area contributed by atoms with Crippen LogP contribution >= 0.6 is 11.3 Å². The summed E-state index contributed by atoms with van der Waals surface area (Å²) in [4.78, 5) is 12.3. The van der Waals surface area contributed by atoms with Gasteiger partial charge in [-0.3, -0.25) is 4.79 Å². The summed E-state index contributed by atoms with van der Waals surface area (Å²) >= 11 is 1.12. The maximum Gasteiger partial charge on any atom is 0.252 e. The van der Waals surface area contributed by atoms with Crippen LogP contribution in [-0.2, 0) is 28.0 Å². The van der Waals surface area contributed by atoms with Gasteiger partial charge in [0.2, 0.25) is 5.91 Å². The largest absolute Gasteiger partial charge is 0.493 e. The lowest BCUT2D eigenvalue weighted by atomic mass is 10.2. The van der Waals surface area contributed by atoms with Gasteiger partial charge in [0.05, 0.1) is 13.7 Å². The molecule has 0 aliphatic carbocycles. The molecule has 7 nitrogen and oxygen atoms in total. The standard InChI is InChI=1S/C22H24N2O5S2/c1-24(31(26,27)22-9-6-12-30-22)15-21(25)23-14-18-10-11-19(20(13-18)28-2)29-16-17-7-4-3-5-8-17/h3-13H,14-16H2,1-2H3,(H,23,25). The van der Waals surface area contributed by atoms with Crippen molar-refractivity contribution >= 4 is 27.3 Å². The molecule has 3 rings (SSSR count). The maximum absolute atomic E-state index is 12.4. The predicted molar refractivity (Wildman–Crippen MR) is 120 cm³/mol. The van der Waals surface area contributed by atoms with E-state index in [1.165, 1.54) is 13.1 Å². The zero-order chi connectivity index (χ0) is 22.3. The average Bonchev–Trinajstić information content (AvgIpc) is 3.33. The molecule has 0 saturated carbocycles. The van der Waals surface area contributed by atoms with E-state index in [0.29, 0.717) is 18.1 Å². The Hall–Kier alpha value is -2.88. The van der Waals surface area contributed by atoms with Crippen LogP contribution < -0.4 is 14.8 Å². The molecule has 0 radical (unpaired) electrons. The number of sulfonamides is 1. The monoisotopic (exact) mass is 460 g/mol. The highest BCUT2D eigenvalue weighted by Crippen LogP contribution is 2.29. The van der Waals surface area contributed by atoms with Gasteiger partial charge >= 0.3 is 0 Å². The van der Waals surface area contributed by atoms with Gasteiger partial charge in [0.1, 0.15) is 10.8 Å². The minimum atomic E-state index is -3.66. The molecular weight excluding hydrogens is 436 g/mol. The Kier molecular flexibility index (Phi) is 7.67. The number of benzene rings is 2. The summed E-state index contributed by atoms with van der Waals surface area (Å²) in [6.07, 6.45) is 0. The molecule has 1 aromatic heterocycles. The second-order valence-corrected chi connectivity index (χ2v) is 9.95. The molecule has 2 aromatic carbocycles. The zero-order valence-corrected chi connectivity index (χ0v) is 18.9. The van der Waals surface area contributed by atoms with Crippen LogP contribution in [0.4, 0.5) is 0 Å². The second-order valence-electron chi connectivity index (χ2n) is 6.73. The number of methoxy groups -OCH3 is 1. The molecule has 0 saturated heterocycles. The third kappa shape index (κ3) is 6.06. The summed E-state index contributed by atoms with van der Waals surface area (Å²) < 4.78 is 37.3. The molecule has 0 spiro atoms. The minimum absolute atomic E-state index is 0.207. The summed E-state index contributed by atoms with van der Waals surface area (Å²) in [6.45, 7) is 0.384. The smallest absolute Gasteiger partial charge is 0.252 e. The summed E-state index contributed by atoms with van der Waals surface area (Å²) in [7, 11) is -0.726. The van der Waals surface area contributed by atoms with Crippen LogP contribution in [0.3, 0.4) is 0 Å². The van der Waals surface area contributed by atoms with Gasteiger partial charge in [0.15, 0.2) is 11.5 Å². The number of nitrogens with zero attached hydrogens (tertiary/aromatic N) is 1. The van der Waals surface area contributed by atoms with Crippen LogP contribution in [-0.4, -0.2) is 39.3 Å². The van der Waals surface area contributed by atoms with Gasteiger partial charge in [-0.2, -0.15) is 4.31 Å². The Bertz CT molecular complexity index is 1100. The molecule has 0 atom stereocenters. The normalized spacial score (nSPS) is 11.3. The van der Waals surface area contributed by atoms with Crippen molar-refractivity contribution in [3.05, 3.63) is 77.2 Å². The van der Waals surface area contributed by atoms with E-state index >= 15 is 0 Å². The van der Waals surface area contributed by atoms with Crippen molar-refractivity contribution in [2.45, 2.75) is 17.4 Å². The number of likely N-dealkylation sites (N-methyl/N-ethyl adjacent to an activating group) is 1. The SMILES string of the molecule is COc1cc(CNC(=O)CN(C)S(=O)(=O)c2cccs2)ccc1OCc1ccccc1. The first kappa shape index (κ1) is 22.8. The van der Waals surface area contributed by atoms with Crippen LogP contribution in [0.25, 0.3) is 0 Å². The highest BCUT2D eigenvalue weighted by molar-refractivity contribution is 7.91. The lowest BCUT2D eigenvalue weighted by Crippen LogP contribution is -2.37. The lowest BCUT2D eigenvalue weighted by molar-refractivity contribution is -0.121. The number of thiophene rings is 1. The molecule has 31 heavy (non-hydrogen) atoms. The van der Waals surface area contributed by atoms with Crippen molar-refractivity contribution in [2.24, 2.45) is 0 Å². The van der Waals surface area contributed by atoms with Gasteiger partial charge in [-0.25, -0.2) is 8.42 Å². The van der Waals surface area contributed by atoms with Gasteiger partial charge in [0, 0.05) is 13.6 Å². The number of carbonyl (C=O) groups excluding carboxylic acids is 1. The van der Waals surface area contributed by atoms with E-state index < -0.39 is 15.9 Å². The van der Waals surface area contributed by atoms with Crippen LogP contribution in [0, 0.1) is 0 Å². The van der Waals surface area contributed by atoms with Gasteiger partial charge in [-0.05, 0) is 34.7 Å². The van der Waals surface area contributed by atoms with E-state index in [1.807, 2.05) is 36.4 Å². The number of rotatable bonds is 10. The first-order valence-electron chi connectivity index (χ1n) is 9.50. The van der Waals surface area contributed by atoms with E-state index in [0.717, 1.165) is 26.8 Å². The molecule has 0 fully saturated rings. The topological polar surface area (TPSA) is 84.9 Å². The minimum Gasteiger partial charge on any atom is -0.493 e. The Morgan fingerprint density at radius 2 is 1.81 bits per heavy atom. The van der Waals surface area contributed by atoms with Gasteiger partial charge in [0.25, 0.3) is 10.0 Å². The summed E-state index contributed by atoms with van der Waals surface area (Å²) in [5.74, 6) is 0.759. The summed E-state index contributed by atoms with van der Waals surface area (Å²) in [6, 6.07) is 18.4. The molecule has 9 heteroatoms. The second kappa shape index (κ2) is 10.4. The molecule has 1 amide bonds. The number of nitrogens with one attached hydrogen (secondary N) is 1. The Balaban J connectivity index is 1.55. The van der Waals surface area contributed by atoms with E-state index in [1.54, 1.807) is 30.7 Å². The summed E-state index contributed by atoms with van der Waals surface area (Å²) in [5, 5.41) is 4.42. The third-order valence-corrected chi connectivity index (χ3v) is 7.66. The molecule has 3 aromatic rings. The number of carbonyl (C=O) groups is 1. The average molecular weight is 461 g/mol.